The van der Waals surface area contributed by atoms with Gasteiger partial charge in [0.15, 0.2) is 0 Å². The van der Waals surface area contributed by atoms with Crippen LogP contribution < -0.4 is 10.6 Å². The fraction of sp³-hybridized carbons (Fsp3) is 0.385. The Labute approximate surface area is 308 Å². The topological polar surface area (TPSA) is 186 Å². The van der Waals surface area contributed by atoms with E-state index in [1.807, 2.05) is 50.2 Å². The minimum absolute atomic E-state index is 0.109. The van der Waals surface area contributed by atoms with Crippen LogP contribution in [0.2, 0.25) is 0 Å². The van der Waals surface area contributed by atoms with Crippen LogP contribution in [0.25, 0.3) is 33.6 Å². The third-order valence-corrected chi connectivity index (χ3v) is 10.0. The van der Waals surface area contributed by atoms with Crippen molar-refractivity contribution >= 4 is 24.0 Å². The number of rotatable bonds is 12. The van der Waals surface area contributed by atoms with Crippen LogP contribution >= 0.6 is 0 Å². The number of alkyl carbamates (subject to hydrolysis) is 1. The van der Waals surface area contributed by atoms with E-state index in [9.17, 15) is 24.3 Å². The summed E-state index contributed by atoms with van der Waals surface area (Å²) in [6.07, 6.45) is 6.57. The van der Waals surface area contributed by atoms with Crippen LogP contribution in [0.3, 0.4) is 0 Å². The van der Waals surface area contributed by atoms with Crippen LogP contribution in [0.1, 0.15) is 69.7 Å². The van der Waals surface area contributed by atoms with Crippen LogP contribution in [-0.2, 0) is 14.3 Å². The fourth-order valence-electron chi connectivity index (χ4n) is 7.23. The second-order valence-electron chi connectivity index (χ2n) is 13.8. The summed E-state index contributed by atoms with van der Waals surface area (Å²) in [7, 11) is 1.28. The first-order chi connectivity index (χ1) is 25.6. The maximum absolute atomic E-state index is 13.5. The largest absolute Gasteiger partial charge is 0.465 e. The first-order valence-electron chi connectivity index (χ1n) is 17.9. The molecule has 14 nitrogen and oxygen atoms in total. The summed E-state index contributed by atoms with van der Waals surface area (Å²) >= 11 is 0. The highest BCUT2D eigenvalue weighted by Crippen LogP contribution is 2.35. The molecular weight excluding hydrogens is 676 g/mol. The summed E-state index contributed by atoms with van der Waals surface area (Å²) in [5.74, 6) is 0.846. The van der Waals surface area contributed by atoms with Gasteiger partial charge in [-0.2, -0.15) is 0 Å². The zero-order chi connectivity index (χ0) is 37.6. The molecule has 1 unspecified atom stereocenters. The molecule has 0 bridgehead atoms. The number of nitrogens with zero attached hydrogens (tertiary/aromatic N) is 4. The summed E-state index contributed by atoms with van der Waals surface area (Å²) in [5.41, 5.74) is 5.66. The van der Waals surface area contributed by atoms with Gasteiger partial charge in [0.2, 0.25) is 11.8 Å². The van der Waals surface area contributed by atoms with Gasteiger partial charge in [0.1, 0.15) is 23.7 Å². The van der Waals surface area contributed by atoms with Gasteiger partial charge < -0.3 is 40.2 Å². The van der Waals surface area contributed by atoms with Gasteiger partial charge in [-0.15, -0.1) is 6.58 Å². The summed E-state index contributed by atoms with van der Waals surface area (Å²) in [5, 5.41) is 14.2. The number of carboxylic acid groups (broad SMARTS) is 1. The van der Waals surface area contributed by atoms with Crippen molar-refractivity contribution in [2.75, 3.05) is 20.2 Å². The molecule has 14 heteroatoms. The standard InChI is InChI=1S/C39H46N8O6/c1-5-8-28(44-38(50)51)36(48)46-19-6-9-31(46)34-40-21-29(42-34)26-15-11-24(12-16-26)25-13-17-27(18-14-25)30-22-41-35(43-30)32-10-7-20-47(32)37(49)33(23(2)3)45-39(52)53-4/h5,11-18,21-23,28,31-33,44H,1,6-10,19-20H2,2-4H3,(H,40,42)(H,41,43)(H,45,52)(H,50,51)/t28-,31-,32?,33-/m0/s1. The summed E-state index contributed by atoms with van der Waals surface area (Å²) in [4.78, 5) is 69.5. The van der Waals surface area contributed by atoms with Crippen molar-refractivity contribution in [2.24, 2.45) is 5.92 Å². The van der Waals surface area contributed by atoms with Gasteiger partial charge >= 0.3 is 12.2 Å². The van der Waals surface area contributed by atoms with Crippen LogP contribution in [0.15, 0.2) is 73.6 Å². The lowest BCUT2D eigenvalue weighted by Crippen LogP contribution is -2.51. The molecule has 4 amide bonds. The third-order valence-electron chi connectivity index (χ3n) is 10.0. The van der Waals surface area contributed by atoms with E-state index >= 15 is 0 Å². The molecule has 4 atom stereocenters. The SMILES string of the molecule is C=CC[C@H](NC(=O)O)C(=O)N1CCC[C@H]1c1ncc(-c2ccc(-c3ccc(-c4cnc(C5CCCN5C(=O)[C@@H](NC(=O)OC)C(C)C)[nH]4)cc3)cc2)[nH]1. The molecule has 278 valence electrons. The Kier molecular flexibility index (Phi) is 11.3. The lowest BCUT2D eigenvalue weighted by atomic mass is 10.0. The van der Waals surface area contributed by atoms with Gasteiger partial charge in [0.05, 0.1) is 43.0 Å². The van der Waals surface area contributed by atoms with E-state index in [0.717, 1.165) is 59.3 Å². The second-order valence-corrected chi connectivity index (χ2v) is 13.8. The van der Waals surface area contributed by atoms with Gasteiger partial charge in [-0.25, -0.2) is 19.6 Å². The Hall–Kier alpha value is -5.92. The van der Waals surface area contributed by atoms with E-state index in [4.69, 9.17) is 4.74 Å². The lowest BCUT2D eigenvalue weighted by molar-refractivity contribution is -0.135. The number of carbonyl (C=O) groups excluding carboxylic acids is 3. The summed E-state index contributed by atoms with van der Waals surface area (Å²) < 4.78 is 4.74. The van der Waals surface area contributed by atoms with E-state index in [0.29, 0.717) is 24.7 Å². The number of methoxy groups -OCH3 is 1. The molecule has 2 saturated heterocycles. The van der Waals surface area contributed by atoms with Gasteiger partial charge in [-0.1, -0.05) is 68.5 Å². The molecule has 0 saturated carbocycles. The molecule has 4 heterocycles. The van der Waals surface area contributed by atoms with Crippen LogP contribution in [0.5, 0.6) is 0 Å². The predicted octanol–water partition coefficient (Wildman–Crippen LogP) is 6.05. The minimum atomic E-state index is -1.25. The molecule has 53 heavy (non-hydrogen) atoms. The third kappa shape index (κ3) is 8.11. The number of hydrogen-bond donors (Lipinski definition) is 5. The zero-order valence-corrected chi connectivity index (χ0v) is 30.2. The lowest BCUT2D eigenvalue weighted by Gasteiger charge is -2.30. The van der Waals surface area contributed by atoms with E-state index < -0.39 is 24.3 Å². The maximum Gasteiger partial charge on any atom is 0.407 e. The van der Waals surface area contributed by atoms with Crippen molar-refractivity contribution in [3.05, 3.63) is 85.2 Å². The van der Waals surface area contributed by atoms with E-state index in [2.05, 4.69) is 49.3 Å². The van der Waals surface area contributed by atoms with Crippen molar-refractivity contribution < 1.29 is 29.0 Å². The molecule has 5 N–H and O–H groups in total. The monoisotopic (exact) mass is 722 g/mol. The number of likely N-dealkylation sites (tertiary alicyclic amines) is 2. The number of aromatic amines is 2. The predicted molar refractivity (Wildman–Crippen MR) is 198 cm³/mol. The van der Waals surface area contributed by atoms with Gasteiger partial charge in [0.25, 0.3) is 0 Å². The fourth-order valence-corrected chi connectivity index (χ4v) is 7.23. The molecule has 4 aromatic rings. The van der Waals surface area contributed by atoms with E-state index in [-0.39, 0.29) is 36.2 Å². The smallest absolute Gasteiger partial charge is 0.407 e. The quantitative estimate of drug-likeness (QED) is 0.109. The minimum Gasteiger partial charge on any atom is -0.465 e. The molecule has 0 radical (unpaired) electrons. The number of nitrogens with one attached hydrogen (secondary N) is 4. The Morgan fingerprint density at radius 1 is 0.830 bits per heavy atom. The first kappa shape index (κ1) is 36.9. The molecule has 2 aromatic carbocycles. The summed E-state index contributed by atoms with van der Waals surface area (Å²) in [6.45, 7) is 8.57. The second kappa shape index (κ2) is 16.2. The number of benzene rings is 2. The average molecular weight is 723 g/mol. The molecular formula is C39H46N8O6. The van der Waals surface area contributed by atoms with Crippen LogP contribution in [0, 0.1) is 5.92 Å². The van der Waals surface area contributed by atoms with Crippen LogP contribution in [-0.4, -0.2) is 91.1 Å². The Bertz CT molecular complexity index is 1940. The Morgan fingerprint density at radius 2 is 1.30 bits per heavy atom. The highest BCUT2D eigenvalue weighted by molar-refractivity contribution is 5.87. The Balaban J connectivity index is 1.11. The maximum atomic E-state index is 13.5. The molecule has 0 aliphatic carbocycles. The van der Waals surface area contributed by atoms with Crippen molar-refractivity contribution in [1.29, 1.82) is 0 Å². The molecule has 6 rings (SSSR count). The normalized spacial score (nSPS) is 18.1. The van der Waals surface area contributed by atoms with E-state index in [1.165, 1.54) is 13.2 Å². The van der Waals surface area contributed by atoms with E-state index in [1.54, 1.807) is 22.2 Å². The van der Waals surface area contributed by atoms with Crippen molar-refractivity contribution in [3.63, 3.8) is 0 Å². The van der Waals surface area contributed by atoms with Crippen molar-refractivity contribution in [2.45, 2.75) is 70.1 Å². The number of aromatic nitrogens is 4. The van der Waals surface area contributed by atoms with Crippen molar-refractivity contribution in [1.82, 2.24) is 40.4 Å². The van der Waals surface area contributed by atoms with Gasteiger partial charge in [-0.3, -0.25) is 9.59 Å². The number of ether oxygens (including phenoxy) is 1. The molecule has 2 aromatic heterocycles. The first-order valence-corrected chi connectivity index (χ1v) is 17.9. The van der Waals surface area contributed by atoms with Gasteiger partial charge in [-0.05, 0) is 60.3 Å². The van der Waals surface area contributed by atoms with Gasteiger partial charge in [0, 0.05) is 13.1 Å². The average Bonchev–Trinajstić information content (AvgIpc) is 3.99. The molecule has 2 fully saturated rings. The number of amides is 4. The molecule has 0 spiro atoms. The molecule has 2 aliphatic rings. The summed E-state index contributed by atoms with van der Waals surface area (Å²) in [6, 6.07) is 14.3. The number of hydrogen-bond acceptors (Lipinski definition) is 7. The highest BCUT2D eigenvalue weighted by Gasteiger charge is 2.38. The van der Waals surface area contributed by atoms with Crippen LogP contribution in [0.4, 0.5) is 9.59 Å². The highest BCUT2D eigenvalue weighted by atomic mass is 16.5. The molecule has 2 aliphatic heterocycles. The van der Waals surface area contributed by atoms with Crippen molar-refractivity contribution in [3.8, 4) is 33.6 Å². The Morgan fingerprint density at radius 3 is 1.74 bits per heavy atom. The number of carbonyl (C=O) groups is 4. The number of imidazole rings is 2. The zero-order valence-electron chi connectivity index (χ0n) is 30.2. The number of H-pyrrole nitrogens is 2.